The standard InChI is InChI=1S/C29H39N3O4/c33-24-19-36-25-13-18-32(26(24)25)28(35)29(14-2-1-3-15-29)30-27(34)22-9-7-20(8-10-22)21-11-16-31(17-12-21)23-5-4-6-23/h7-10,21,23,25-26H,1-6,11-19H2,(H,30,34)/t25-,26-/m1/s1. The highest BCUT2D eigenvalue weighted by Gasteiger charge is 2.52. The van der Waals surface area contributed by atoms with Crippen LogP contribution in [0, 0.1) is 0 Å². The lowest BCUT2D eigenvalue weighted by molar-refractivity contribution is -0.143. The van der Waals surface area contributed by atoms with Crippen LogP contribution in [0.4, 0.5) is 0 Å². The van der Waals surface area contributed by atoms with E-state index >= 15 is 0 Å². The van der Waals surface area contributed by atoms with Gasteiger partial charge in [-0.3, -0.25) is 14.4 Å². The fourth-order valence-electron chi connectivity index (χ4n) is 7.19. The molecule has 2 amide bonds. The van der Waals surface area contributed by atoms with Crippen molar-refractivity contribution >= 4 is 17.6 Å². The number of ether oxygens (including phenoxy) is 1. The molecule has 0 spiro atoms. The van der Waals surface area contributed by atoms with Crippen molar-refractivity contribution in [2.45, 2.75) is 100 Å². The van der Waals surface area contributed by atoms with Crippen LogP contribution < -0.4 is 5.32 Å². The second-order valence-electron chi connectivity index (χ2n) is 11.7. The Bertz CT molecular complexity index is 990. The quantitative estimate of drug-likeness (QED) is 0.680. The monoisotopic (exact) mass is 493 g/mol. The van der Waals surface area contributed by atoms with Gasteiger partial charge in [-0.05, 0) is 81.6 Å². The molecule has 3 saturated heterocycles. The first-order valence-corrected chi connectivity index (χ1v) is 14.2. The molecule has 6 rings (SSSR count). The Morgan fingerprint density at radius 1 is 0.889 bits per heavy atom. The fourth-order valence-corrected chi connectivity index (χ4v) is 7.19. The first kappa shape index (κ1) is 24.1. The van der Waals surface area contributed by atoms with Gasteiger partial charge in [0.15, 0.2) is 5.78 Å². The highest BCUT2D eigenvalue weighted by atomic mass is 16.5. The molecule has 5 aliphatic rings. The summed E-state index contributed by atoms with van der Waals surface area (Å²) in [4.78, 5) is 44.0. The molecular weight excluding hydrogens is 454 g/mol. The van der Waals surface area contributed by atoms with Gasteiger partial charge in [-0.1, -0.05) is 37.8 Å². The highest BCUT2D eigenvalue weighted by molar-refractivity contribution is 6.01. The molecule has 0 radical (unpaired) electrons. The van der Waals surface area contributed by atoms with Gasteiger partial charge in [0.2, 0.25) is 5.91 Å². The van der Waals surface area contributed by atoms with E-state index in [1.165, 1.54) is 50.8 Å². The Morgan fingerprint density at radius 2 is 1.61 bits per heavy atom. The number of carbonyl (C=O) groups is 3. The molecule has 3 aliphatic heterocycles. The van der Waals surface area contributed by atoms with E-state index in [0.717, 1.165) is 25.3 Å². The summed E-state index contributed by atoms with van der Waals surface area (Å²) in [6.07, 6.45) is 11.1. The highest BCUT2D eigenvalue weighted by Crippen LogP contribution is 2.36. The lowest BCUT2D eigenvalue weighted by atomic mass is 9.80. The van der Waals surface area contributed by atoms with E-state index in [0.29, 0.717) is 37.3 Å². The predicted octanol–water partition coefficient (Wildman–Crippen LogP) is 3.42. The summed E-state index contributed by atoms with van der Waals surface area (Å²) in [6, 6.07) is 8.39. The maximum Gasteiger partial charge on any atom is 0.252 e. The van der Waals surface area contributed by atoms with Crippen LogP contribution in [0.15, 0.2) is 24.3 Å². The number of likely N-dealkylation sites (tertiary alicyclic amines) is 2. The average molecular weight is 494 g/mol. The number of piperidine rings is 1. The van der Waals surface area contributed by atoms with Crippen molar-refractivity contribution in [1.82, 2.24) is 15.1 Å². The normalized spacial score (nSPS) is 29.1. The van der Waals surface area contributed by atoms with Crippen molar-refractivity contribution in [1.29, 1.82) is 0 Å². The lowest BCUT2D eigenvalue weighted by Crippen LogP contribution is -2.62. The second-order valence-corrected chi connectivity index (χ2v) is 11.7. The van der Waals surface area contributed by atoms with Crippen LogP contribution in [0.3, 0.4) is 0 Å². The van der Waals surface area contributed by atoms with E-state index in [4.69, 9.17) is 4.74 Å². The fraction of sp³-hybridized carbons (Fsp3) is 0.690. The zero-order valence-electron chi connectivity index (χ0n) is 21.3. The van der Waals surface area contributed by atoms with Crippen LogP contribution in [0.5, 0.6) is 0 Å². The Kier molecular flexibility index (Phi) is 6.63. The molecule has 5 fully saturated rings. The van der Waals surface area contributed by atoms with Crippen molar-refractivity contribution in [2.24, 2.45) is 0 Å². The molecule has 2 atom stereocenters. The van der Waals surface area contributed by atoms with Crippen molar-refractivity contribution < 1.29 is 19.1 Å². The third-order valence-corrected chi connectivity index (χ3v) is 9.61. The van der Waals surface area contributed by atoms with Crippen molar-refractivity contribution in [2.75, 3.05) is 26.2 Å². The van der Waals surface area contributed by atoms with Gasteiger partial charge in [0.25, 0.3) is 5.91 Å². The van der Waals surface area contributed by atoms with Gasteiger partial charge < -0.3 is 19.9 Å². The first-order chi connectivity index (χ1) is 17.5. The molecule has 7 nitrogen and oxygen atoms in total. The lowest BCUT2D eigenvalue weighted by Gasteiger charge is -2.42. The summed E-state index contributed by atoms with van der Waals surface area (Å²) in [5, 5.41) is 3.16. The zero-order chi connectivity index (χ0) is 24.7. The molecule has 0 bridgehead atoms. The molecular formula is C29H39N3O4. The predicted molar refractivity (Wildman–Crippen MR) is 136 cm³/mol. The van der Waals surface area contributed by atoms with Gasteiger partial charge in [-0.15, -0.1) is 0 Å². The minimum absolute atomic E-state index is 0.0164. The molecule has 0 aromatic heterocycles. The summed E-state index contributed by atoms with van der Waals surface area (Å²) in [7, 11) is 0. The zero-order valence-corrected chi connectivity index (χ0v) is 21.3. The molecule has 0 unspecified atom stereocenters. The van der Waals surface area contributed by atoms with Crippen LogP contribution in [-0.4, -0.2) is 77.4 Å². The summed E-state index contributed by atoms with van der Waals surface area (Å²) < 4.78 is 5.59. The maximum absolute atomic E-state index is 13.8. The minimum Gasteiger partial charge on any atom is -0.368 e. The Labute approximate surface area is 213 Å². The number of Topliss-reactive ketones (excluding diaryl/α,β-unsaturated/α-hetero) is 1. The number of hydrogen-bond donors (Lipinski definition) is 1. The van der Waals surface area contributed by atoms with E-state index in [-0.39, 0.29) is 30.3 Å². The first-order valence-electron chi connectivity index (χ1n) is 14.2. The molecule has 7 heteroatoms. The van der Waals surface area contributed by atoms with Gasteiger partial charge >= 0.3 is 0 Å². The molecule has 194 valence electrons. The van der Waals surface area contributed by atoms with Gasteiger partial charge in [0.05, 0.1) is 6.10 Å². The largest absolute Gasteiger partial charge is 0.368 e. The minimum atomic E-state index is -0.930. The van der Waals surface area contributed by atoms with Crippen LogP contribution >= 0.6 is 0 Å². The smallest absolute Gasteiger partial charge is 0.252 e. The van der Waals surface area contributed by atoms with Gasteiger partial charge in [0.1, 0.15) is 18.2 Å². The van der Waals surface area contributed by atoms with E-state index in [2.05, 4.69) is 22.3 Å². The number of fused-ring (bicyclic) bond motifs is 1. The molecule has 1 N–H and O–H groups in total. The van der Waals surface area contributed by atoms with E-state index in [1.54, 1.807) is 4.90 Å². The van der Waals surface area contributed by atoms with Crippen LogP contribution in [0.1, 0.15) is 92.5 Å². The number of hydrogen-bond acceptors (Lipinski definition) is 5. The SMILES string of the molecule is O=C(NC1(C(=O)N2CC[C@H]3OCC(=O)[C@H]32)CCCCC1)c1ccc(C2CCN(C3CCC3)CC2)cc1. The third-order valence-electron chi connectivity index (χ3n) is 9.61. The third kappa shape index (κ3) is 4.38. The molecule has 3 heterocycles. The van der Waals surface area contributed by atoms with Gasteiger partial charge in [-0.25, -0.2) is 0 Å². The van der Waals surface area contributed by atoms with E-state index in [1.807, 2.05) is 12.1 Å². The van der Waals surface area contributed by atoms with Gasteiger partial charge in [0, 0.05) is 18.2 Å². The number of nitrogens with zero attached hydrogens (tertiary/aromatic N) is 2. The Morgan fingerprint density at radius 3 is 2.28 bits per heavy atom. The summed E-state index contributed by atoms with van der Waals surface area (Å²) in [6.45, 7) is 2.96. The second kappa shape index (κ2) is 9.90. The Hall–Kier alpha value is -2.25. The van der Waals surface area contributed by atoms with Gasteiger partial charge in [-0.2, -0.15) is 0 Å². The number of nitrogens with one attached hydrogen (secondary N) is 1. The van der Waals surface area contributed by atoms with Crippen LogP contribution in [-0.2, 0) is 14.3 Å². The summed E-state index contributed by atoms with van der Waals surface area (Å²) in [5.74, 6) is 0.245. The van der Waals surface area contributed by atoms with Crippen molar-refractivity contribution in [3.8, 4) is 0 Å². The summed E-state index contributed by atoms with van der Waals surface area (Å²) >= 11 is 0. The van der Waals surface area contributed by atoms with E-state index < -0.39 is 11.6 Å². The number of rotatable bonds is 5. The molecule has 1 aromatic rings. The van der Waals surface area contributed by atoms with Crippen LogP contribution in [0.2, 0.25) is 0 Å². The molecule has 2 saturated carbocycles. The topological polar surface area (TPSA) is 79.0 Å². The summed E-state index contributed by atoms with van der Waals surface area (Å²) in [5.41, 5.74) is 0.981. The number of benzene rings is 1. The van der Waals surface area contributed by atoms with Crippen molar-refractivity contribution in [3.63, 3.8) is 0 Å². The van der Waals surface area contributed by atoms with E-state index in [9.17, 15) is 14.4 Å². The molecule has 1 aromatic carbocycles. The maximum atomic E-state index is 13.8. The number of carbonyl (C=O) groups excluding carboxylic acids is 3. The average Bonchev–Trinajstić information content (AvgIpc) is 3.46. The molecule has 36 heavy (non-hydrogen) atoms. The number of ketones is 1. The van der Waals surface area contributed by atoms with Crippen LogP contribution in [0.25, 0.3) is 0 Å². The van der Waals surface area contributed by atoms with Crippen molar-refractivity contribution in [3.05, 3.63) is 35.4 Å². The number of amides is 2. The molecule has 2 aliphatic carbocycles. The Balaban J connectivity index is 1.12.